The summed E-state index contributed by atoms with van der Waals surface area (Å²) >= 11 is 0. The van der Waals surface area contributed by atoms with Gasteiger partial charge in [-0.15, -0.1) is 0 Å². The molecule has 4 aromatic rings. The van der Waals surface area contributed by atoms with Gasteiger partial charge in [0.2, 0.25) is 10.0 Å². The van der Waals surface area contributed by atoms with Crippen molar-refractivity contribution >= 4 is 44.6 Å². The molecule has 1 unspecified atom stereocenters. The smallest absolute Gasteiger partial charge is 0.324 e. The molecule has 1 aliphatic rings. The molecule has 15 nitrogen and oxygen atoms in total. The largest absolute Gasteiger partial charge is 0.387 e. The molecular formula is C26H28N8O7S. The van der Waals surface area contributed by atoms with Gasteiger partial charge in [-0.25, -0.2) is 32.9 Å². The van der Waals surface area contributed by atoms with E-state index in [4.69, 9.17) is 4.74 Å². The maximum absolute atomic E-state index is 12.7. The Bertz CT molecular complexity index is 1680. The minimum Gasteiger partial charge on any atom is -0.387 e. The molecule has 0 spiro atoms. The van der Waals surface area contributed by atoms with Crippen LogP contribution in [0, 0.1) is 0 Å². The van der Waals surface area contributed by atoms with Gasteiger partial charge in [-0.1, -0.05) is 30.3 Å². The number of carbonyl (C=O) groups excluding carboxylic acids is 2. The lowest BCUT2D eigenvalue weighted by Crippen LogP contribution is -2.42. The molecule has 0 bridgehead atoms. The molecule has 2 aromatic heterocycles. The third kappa shape index (κ3) is 6.07. The first-order valence-electron chi connectivity index (χ1n) is 12.9. The van der Waals surface area contributed by atoms with Crippen molar-refractivity contribution in [1.29, 1.82) is 0 Å². The zero-order valence-corrected chi connectivity index (χ0v) is 23.0. The highest BCUT2D eigenvalue weighted by atomic mass is 32.2. The van der Waals surface area contributed by atoms with E-state index < -0.39 is 46.5 Å². The van der Waals surface area contributed by atoms with Crippen LogP contribution in [0.3, 0.4) is 0 Å². The van der Waals surface area contributed by atoms with Crippen molar-refractivity contribution in [2.75, 3.05) is 17.2 Å². The maximum atomic E-state index is 12.7. The Morgan fingerprint density at radius 2 is 1.71 bits per heavy atom. The van der Waals surface area contributed by atoms with Crippen LogP contribution in [-0.4, -0.2) is 74.9 Å². The Hall–Kier alpha value is -4.48. The Balaban J connectivity index is 1.25. The van der Waals surface area contributed by atoms with Crippen LogP contribution in [0.2, 0.25) is 0 Å². The van der Waals surface area contributed by atoms with Gasteiger partial charge in [-0.3, -0.25) is 14.7 Å². The minimum atomic E-state index is -3.77. The predicted molar refractivity (Wildman–Crippen MR) is 149 cm³/mol. The lowest BCUT2D eigenvalue weighted by atomic mass is 10.1. The molecule has 6 N–H and O–H groups in total. The fraction of sp³-hybridized carbons (Fsp3) is 0.269. The fourth-order valence-corrected chi connectivity index (χ4v) is 5.37. The predicted octanol–water partition coefficient (Wildman–Crippen LogP) is 0.704. The van der Waals surface area contributed by atoms with Crippen molar-refractivity contribution in [3.8, 4) is 0 Å². The number of benzene rings is 2. The number of ether oxygens (including phenoxy) is 1. The van der Waals surface area contributed by atoms with Crippen LogP contribution in [0.4, 0.5) is 16.3 Å². The van der Waals surface area contributed by atoms with Crippen molar-refractivity contribution in [3.63, 3.8) is 0 Å². The summed E-state index contributed by atoms with van der Waals surface area (Å²) in [7, 11) is -3.77. The number of aliphatic hydroxyl groups is 2. The number of rotatable bonds is 9. The van der Waals surface area contributed by atoms with E-state index >= 15 is 0 Å². The molecule has 4 atom stereocenters. The minimum absolute atomic E-state index is 0.0308. The lowest BCUT2D eigenvalue weighted by Gasteiger charge is -2.16. The Morgan fingerprint density at radius 3 is 2.43 bits per heavy atom. The highest BCUT2D eigenvalue weighted by Crippen LogP contribution is 2.32. The van der Waals surface area contributed by atoms with E-state index in [0.717, 1.165) is 11.9 Å². The average Bonchev–Trinajstić information content (AvgIpc) is 3.54. The van der Waals surface area contributed by atoms with Gasteiger partial charge in [0.05, 0.1) is 11.2 Å². The first kappa shape index (κ1) is 29.0. The number of aromatic nitrogens is 4. The number of nitrogens with one attached hydrogen (secondary N) is 4. The number of aliphatic hydroxyl groups excluding tert-OH is 2. The number of imidazole rings is 1. The van der Waals surface area contributed by atoms with Gasteiger partial charge >= 0.3 is 6.03 Å². The molecule has 1 fully saturated rings. The number of urea groups is 1. The number of hydrogen-bond acceptors (Lipinski definition) is 10. The Kier molecular flexibility index (Phi) is 8.41. The highest BCUT2D eigenvalue weighted by molar-refractivity contribution is 7.89. The normalized spacial score (nSPS) is 20.4. The molecule has 5 rings (SSSR count). The molecule has 2 aromatic carbocycles. The van der Waals surface area contributed by atoms with Crippen LogP contribution in [-0.2, 0) is 26.1 Å². The van der Waals surface area contributed by atoms with Crippen molar-refractivity contribution in [2.45, 2.75) is 42.9 Å². The van der Waals surface area contributed by atoms with Gasteiger partial charge < -0.3 is 25.6 Å². The van der Waals surface area contributed by atoms with Gasteiger partial charge in [-0.05, 0) is 36.8 Å². The summed E-state index contributed by atoms with van der Waals surface area (Å²) < 4.78 is 34.7. The van der Waals surface area contributed by atoms with Crippen molar-refractivity contribution < 1.29 is 33.0 Å². The average molecular weight is 597 g/mol. The monoisotopic (exact) mass is 596 g/mol. The van der Waals surface area contributed by atoms with Gasteiger partial charge in [0.25, 0.3) is 5.91 Å². The zero-order valence-electron chi connectivity index (χ0n) is 22.2. The molecule has 1 saturated heterocycles. The maximum Gasteiger partial charge on any atom is 0.324 e. The quantitative estimate of drug-likeness (QED) is 0.159. The highest BCUT2D eigenvalue weighted by Gasteiger charge is 2.47. The summed E-state index contributed by atoms with van der Waals surface area (Å²) in [5.74, 6) is -0.535. The van der Waals surface area contributed by atoms with Crippen LogP contribution < -0.4 is 20.7 Å². The van der Waals surface area contributed by atoms with Gasteiger partial charge in [0.1, 0.15) is 18.5 Å². The topological polar surface area (TPSA) is 210 Å². The Labute approximate surface area is 240 Å². The first-order valence-corrected chi connectivity index (χ1v) is 14.3. The zero-order chi connectivity index (χ0) is 29.9. The summed E-state index contributed by atoms with van der Waals surface area (Å²) in [6.45, 7) is 2.17. The molecule has 0 saturated carbocycles. The van der Waals surface area contributed by atoms with Crippen molar-refractivity contribution in [1.82, 2.24) is 29.6 Å². The second-order valence-electron chi connectivity index (χ2n) is 9.28. The Morgan fingerprint density at radius 1 is 0.976 bits per heavy atom. The second-order valence-corrected chi connectivity index (χ2v) is 11.0. The molecule has 16 heteroatoms. The molecular weight excluding hydrogens is 568 g/mol. The summed E-state index contributed by atoms with van der Waals surface area (Å²) in [5, 5.41) is 28.6. The third-order valence-electron chi connectivity index (χ3n) is 6.44. The fourth-order valence-electron chi connectivity index (χ4n) is 4.36. The standard InChI is InChI=1S/C26H28N8O7S/c1-2-27-24(37)21-19(35)20(36)25(41-21)34-14-30-18-22(28-13-29-23(18)34)33-26(38)32-16-8-10-17(11-9-16)42(39,40)31-12-15-6-4-3-5-7-15/h3-11,13-14,19-21,25,31,35-36H,2,12H2,1H3,(H,27,37)(H2,28,29,32,33,38)/t19?,20-,21-,25+/m0/s1. The summed E-state index contributed by atoms with van der Waals surface area (Å²) in [5.41, 5.74) is 1.46. The van der Waals surface area contributed by atoms with Crippen molar-refractivity contribution in [2.24, 2.45) is 0 Å². The van der Waals surface area contributed by atoms with Crippen LogP contribution >= 0.6 is 0 Å². The molecule has 220 valence electrons. The molecule has 0 aliphatic carbocycles. The van der Waals surface area contributed by atoms with Crippen molar-refractivity contribution in [3.05, 3.63) is 72.8 Å². The van der Waals surface area contributed by atoms with E-state index in [1.807, 2.05) is 30.3 Å². The number of carbonyl (C=O) groups is 2. The van der Waals surface area contributed by atoms with Gasteiger partial charge in [0, 0.05) is 18.8 Å². The lowest BCUT2D eigenvalue weighted by molar-refractivity contribution is -0.137. The summed E-state index contributed by atoms with van der Waals surface area (Å²) in [6, 6.07) is 14.0. The summed E-state index contributed by atoms with van der Waals surface area (Å²) in [6.07, 6.45) is -2.96. The third-order valence-corrected chi connectivity index (χ3v) is 7.86. The number of fused-ring (bicyclic) bond motifs is 1. The number of likely N-dealkylation sites (N-methyl/N-ethyl adjacent to an activating group) is 1. The van der Waals surface area contributed by atoms with E-state index in [1.54, 1.807) is 6.92 Å². The number of nitrogens with zero attached hydrogens (tertiary/aromatic N) is 4. The SMILES string of the molecule is CCNC(=O)[C@H]1O[C@@H](n2cnc3c(NC(=O)Nc4ccc(S(=O)(=O)NCc5ccccc5)cc4)ncnc32)[C@@H](O)C1O. The van der Waals surface area contributed by atoms with E-state index in [9.17, 15) is 28.2 Å². The van der Waals surface area contributed by atoms with E-state index in [-0.39, 0.29) is 28.4 Å². The molecule has 3 amide bonds. The van der Waals surface area contributed by atoms with E-state index in [2.05, 4.69) is 35.6 Å². The van der Waals surface area contributed by atoms with Crippen LogP contribution in [0.25, 0.3) is 11.2 Å². The van der Waals surface area contributed by atoms with Gasteiger partial charge in [-0.2, -0.15) is 0 Å². The number of hydrogen-bond donors (Lipinski definition) is 6. The molecule has 1 aliphatic heterocycles. The van der Waals surface area contributed by atoms with Crippen LogP contribution in [0.5, 0.6) is 0 Å². The van der Waals surface area contributed by atoms with Crippen LogP contribution in [0.15, 0.2) is 72.1 Å². The van der Waals surface area contributed by atoms with E-state index in [0.29, 0.717) is 12.2 Å². The molecule has 42 heavy (non-hydrogen) atoms. The molecule has 3 heterocycles. The number of amides is 3. The molecule has 0 radical (unpaired) electrons. The summed E-state index contributed by atoms with van der Waals surface area (Å²) in [4.78, 5) is 37.4. The van der Waals surface area contributed by atoms with E-state index in [1.165, 1.54) is 35.2 Å². The van der Waals surface area contributed by atoms with Gasteiger partial charge in [0.15, 0.2) is 29.3 Å². The van der Waals surface area contributed by atoms with Crippen LogP contribution in [0.1, 0.15) is 18.7 Å². The first-order chi connectivity index (χ1) is 20.2. The number of sulfonamides is 1. The number of anilines is 2. The second kappa shape index (κ2) is 12.2.